The van der Waals surface area contributed by atoms with Crippen LogP contribution in [0.15, 0.2) is 18.2 Å². The molecular weight excluding hydrogens is 297 g/mol. The van der Waals surface area contributed by atoms with Crippen molar-refractivity contribution in [3.8, 4) is 0 Å². The van der Waals surface area contributed by atoms with E-state index in [0.29, 0.717) is 11.5 Å². The van der Waals surface area contributed by atoms with Gasteiger partial charge in [-0.05, 0) is 30.9 Å². The summed E-state index contributed by atoms with van der Waals surface area (Å²) in [5.74, 6) is -0.117. The maximum Gasteiger partial charge on any atom is 0.277 e. The third-order valence-electron chi connectivity index (χ3n) is 5.15. The van der Waals surface area contributed by atoms with E-state index in [9.17, 15) is 14.5 Å². The zero-order valence-electron chi connectivity index (χ0n) is 13.3. The minimum atomic E-state index is -0.539. The maximum absolute atomic E-state index is 13.5. The van der Waals surface area contributed by atoms with Crippen molar-refractivity contribution in [2.24, 2.45) is 5.92 Å². The Kier molecular flexibility index (Phi) is 5.23. The summed E-state index contributed by atoms with van der Waals surface area (Å²) in [5, 5.41) is 14.8. The molecule has 1 aromatic rings. The van der Waals surface area contributed by atoms with Gasteiger partial charge in [-0.1, -0.05) is 19.3 Å². The Bertz CT molecular complexity index is 537. The molecule has 3 rings (SSSR count). The number of rotatable bonds is 4. The molecule has 1 aliphatic carbocycles. The van der Waals surface area contributed by atoms with E-state index in [0.717, 1.165) is 45.1 Å². The Morgan fingerprint density at radius 1 is 1.22 bits per heavy atom. The van der Waals surface area contributed by atoms with Gasteiger partial charge >= 0.3 is 0 Å². The van der Waals surface area contributed by atoms with E-state index in [1.807, 2.05) is 0 Å². The van der Waals surface area contributed by atoms with Crippen molar-refractivity contribution in [2.75, 3.05) is 26.2 Å². The second-order valence-electron chi connectivity index (χ2n) is 6.59. The summed E-state index contributed by atoms with van der Waals surface area (Å²) in [7, 11) is 0. The summed E-state index contributed by atoms with van der Waals surface area (Å²) in [5.41, 5.74) is 0.615. The lowest BCUT2D eigenvalue weighted by Gasteiger charge is -2.40. The summed E-state index contributed by atoms with van der Waals surface area (Å²) in [6.07, 6.45) is 5.81. The molecule has 5 nitrogen and oxygen atoms in total. The van der Waals surface area contributed by atoms with Gasteiger partial charge in [0.2, 0.25) is 0 Å². The van der Waals surface area contributed by atoms with Crippen LogP contribution in [0.1, 0.15) is 43.7 Å². The maximum atomic E-state index is 13.5. The number of nitro groups is 1. The zero-order chi connectivity index (χ0) is 16.2. The zero-order valence-corrected chi connectivity index (χ0v) is 13.3. The van der Waals surface area contributed by atoms with Crippen molar-refractivity contribution < 1.29 is 9.31 Å². The number of nitrogens with zero attached hydrogens (tertiary/aromatic N) is 2. The number of nitrogens with one attached hydrogen (secondary N) is 1. The molecule has 1 aliphatic heterocycles. The van der Waals surface area contributed by atoms with Gasteiger partial charge in [0.1, 0.15) is 5.82 Å². The molecule has 1 atom stereocenters. The third-order valence-corrected chi connectivity index (χ3v) is 5.15. The Morgan fingerprint density at radius 3 is 2.57 bits per heavy atom. The molecule has 1 heterocycles. The molecule has 2 aliphatic rings. The first-order chi connectivity index (χ1) is 11.2. The predicted molar refractivity (Wildman–Crippen MR) is 86.8 cm³/mol. The van der Waals surface area contributed by atoms with Gasteiger partial charge in [-0.15, -0.1) is 0 Å². The number of halogens is 1. The summed E-state index contributed by atoms with van der Waals surface area (Å²) in [4.78, 5) is 13.4. The largest absolute Gasteiger partial charge is 0.314 e. The SMILES string of the molecule is O=[N+]([O-])c1cc(F)ccc1[C@H](C1CCCCC1)N1CCNCC1. The van der Waals surface area contributed by atoms with Gasteiger partial charge in [0.15, 0.2) is 0 Å². The average Bonchev–Trinajstić information content (AvgIpc) is 2.58. The van der Waals surface area contributed by atoms with E-state index in [-0.39, 0.29) is 11.7 Å². The predicted octanol–water partition coefficient (Wildman–Crippen LogP) is 3.26. The van der Waals surface area contributed by atoms with Crippen molar-refractivity contribution in [3.63, 3.8) is 0 Å². The fourth-order valence-corrected chi connectivity index (χ4v) is 4.08. The molecule has 6 heteroatoms. The van der Waals surface area contributed by atoms with E-state index < -0.39 is 10.7 Å². The molecule has 0 amide bonds. The van der Waals surface area contributed by atoms with Crippen molar-refractivity contribution in [1.29, 1.82) is 0 Å². The highest BCUT2D eigenvalue weighted by molar-refractivity contribution is 5.43. The fraction of sp³-hybridized carbons (Fsp3) is 0.647. The molecule has 1 aromatic carbocycles. The van der Waals surface area contributed by atoms with Crippen molar-refractivity contribution >= 4 is 5.69 Å². The summed E-state index contributed by atoms with van der Waals surface area (Å²) in [6.45, 7) is 3.57. The molecule has 0 bridgehead atoms. The molecule has 0 radical (unpaired) electrons. The highest BCUT2D eigenvalue weighted by Gasteiger charge is 2.35. The van der Waals surface area contributed by atoms with Crippen LogP contribution in [-0.2, 0) is 0 Å². The smallest absolute Gasteiger partial charge is 0.277 e. The molecule has 0 spiro atoms. The lowest BCUT2D eigenvalue weighted by Crippen LogP contribution is -2.47. The van der Waals surface area contributed by atoms with E-state index >= 15 is 0 Å². The van der Waals surface area contributed by atoms with Gasteiger partial charge in [0, 0.05) is 37.8 Å². The minimum Gasteiger partial charge on any atom is -0.314 e. The van der Waals surface area contributed by atoms with E-state index in [4.69, 9.17) is 0 Å². The van der Waals surface area contributed by atoms with Crippen molar-refractivity contribution in [3.05, 3.63) is 39.7 Å². The number of hydrogen-bond acceptors (Lipinski definition) is 4. The molecule has 23 heavy (non-hydrogen) atoms. The first-order valence-electron chi connectivity index (χ1n) is 8.55. The minimum absolute atomic E-state index is 0.0263. The van der Waals surface area contributed by atoms with E-state index in [1.165, 1.54) is 25.3 Å². The molecule has 0 unspecified atom stereocenters. The van der Waals surface area contributed by atoms with Gasteiger partial charge in [-0.2, -0.15) is 0 Å². The van der Waals surface area contributed by atoms with Crippen LogP contribution >= 0.6 is 0 Å². The Hall–Kier alpha value is -1.53. The lowest BCUT2D eigenvalue weighted by atomic mass is 9.79. The summed E-state index contributed by atoms with van der Waals surface area (Å²) >= 11 is 0. The Morgan fingerprint density at radius 2 is 1.91 bits per heavy atom. The monoisotopic (exact) mass is 321 g/mol. The molecule has 2 fully saturated rings. The molecule has 0 aromatic heterocycles. The summed E-state index contributed by atoms with van der Waals surface area (Å²) < 4.78 is 13.5. The number of nitro benzene ring substituents is 1. The van der Waals surface area contributed by atoms with Gasteiger partial charge in [-0.3, -0.25) is 15.0 Å². The van der Waals surface area contributed by atoms with Crippen molar-refractivity contribution in [2.45, 2.75) is 38.1 Å². The number of piperazine rings is 1. The van der Waals surface area contributed by atoms with Crippen LogP contribution in [0.4, 0.5) is 10.1 Å². The van der Waals surface area contributed by atoms with Crippen LogP contribution < -0.4 is 5.32 Å². The number of benzene rings is 1. The number of hydrogen-bond donors (Lipinski definition) is 1. The van der Waals surface area contributed by atoms with Crippen LogP contribution in [-0.4, -0.2) is 36.0 Å². The van der Waals surface area contributed by atoms with Crippen molar-refractivity contribution in [1.82, 2.24) is 10.2 Å². The second kappa shape index (κ2) is 7.36. The molecule has 1 N–H and O–H groups in total. The van der Waals surface area contributed by atoms with E-state index in [2.05, 4.69) is 10.2 Å². The fourth-order valence-electron chi connectivity index (χ4n) is 4.08. The van der Waals surface area contributed by atoms with Crippen LogP contribution in [0.2, 0.25) is 0 Å². The normalized spacial score (nSPS) is 22.0. The standard InChI is InChI=1S/C17H24FN3O2/c18-14-6-7-15(16(12-14)21(22)23)17(13-4-2-1-3-5-13)20-10-8-19-9-11-20/h6-7,12-13,17,19H,1-5,8-11H2/t17-/m0/s1. The first-order valence-corrected chi connectivity index (χ1v) is 8.55. The molecule has 1 saturated heterocycles. The van der Waals surface area contributed by atoms with Crippen LogP contribution in [0.5, 0.6) is 0 Å². The highest BCUT2D eigenvalue weighted by Crippen LogP contribution is 2.41. The second-order valence-corrected chi connectivity index (χ2v) is 6.59. The Labute approximate surface area is 136 Å². The summed E-state index contributed by atoms with van der Waals surface area (Å²) in [6, 6.07) is 4.10. The third kappa shape index (κ3) is 3.70. The van der Waals surface area contributed by atoms with E-state index in [1.54, 1.807) is 6.07 Å². The lowest BCUT2D eigenvalue weighted by molar-refractivity contribution is -0.386. The molecule has 126 valence electrons. The highest BCUT2D eigenvalue weighted by atomic mass is 19.1. The Balaban J connectivity index is 1.98. The van der Waals surface area contributed by atoms with Crippen LogP contribution in [0, 0.1) is 21.8 Å². The topological polar surface area (TPSA) is 58.4 Å². The van der Waals surface area contributed by atoms with Crippen LogP contribution in [0.25, 0.3) is 0 Å². The first kappa shape index (κ1) is 16.3. The quantitative estimate of drug-likeness (QED) is 0.683. The molecular formula is C17H24FN3O2. The average molecular weight is 321 g/mol. The molecule has 1 saturated carbocycles. The van der Waals surface area contributed by atoms with Gasteiger partial charge < -0.3 is 5.32 Å². The van der Waals surface area contributed by atoms with Crippen LogP contribution in [0.3, 0.4) is 0 Å². The van der Waals surface area contributed by atoms with Gasteiger partial charge in [0.05, 0.1) is 11.0 Å². The van der Waals surface area contributed by atoms with Gasteiger partial charge in [-0.25, -0.2) is 4.39 Å². The van der Waals surface area contributed by atoms with Gasteiger partial charge in [0.25, 0.3) is 5.69 Å².